The molecule has 22 heavy (non-hydrogen) atoms. The standard InChI is InChI=1S/C17H18N4O/c1-12(2)11-20-17(22)16-9-15(7-8-19-16)21-14-5-3-13(10-18)4-6-14/h3-9,12H,11H2,1-2H3,(H,19,21)(H,20,22). The molecule has 0 atom stereocenters. The van der Waals surface area contributed by atoms with Crippen molar-refractivity contribution in [1.82, 2.24) is 10.3 Å². The molecule has 0 unspecified atom stereocenters. The Labute approximate surface area is 130 Å². The molecule has 2 aromatic rings. The molecule has 2 N–H and O–H groups in total. The lowest BCUT2D eigenvalue weighted by atomic mass is 10.2. The average molecular weight is 294 g/mol. The Bertz CT molecular complexity index is 687. The fourth-order valence-corrected chi connectivity index (χ4v) is 1.81. The number of aromatic nitrogens is 1. The summed E-state index contributed by atoms with van der Waals surface area (Å²) in [4.78, 5) is 16.1. The van der Waals surface area contributed by atoms with Crippen LogP contribution < -0.4 is 10.6 Å². The third kappa shape index (κ3) is 4.32. The lowest BCUT2D eigenvalue weighted by Crippen LogP contribution is -2.28. The van der Waals surface area contributed by atoms with E-state index in [9.17, 15) is 4.79 Å². The second-order valence-corrected chi connectivity index (χ2v) is 5.35. The summed E-state index contributed by atoms with van der Waals surface area (Å²) in [5, 5.41) is 14.8. The number of rotatable bonds is 5. The van der Waals surface area contributed by atoms with Gasteiger partial charge in [-0.3, -0.25) is 9.78 Å². The van der Waals surface area contributed by atoms with Crippen molar-refractivity contribution >= 4 is 17.3 Å². The smallest absolute Gasteiger partial charge is 0.269 e. The van der Waals surface area contributed by atoms with Crippen molar-refractivity contribution in [2.24, 2.45) is 5.92 Å². The number of hydrogen-bond acceptors (Lipinski definition) is 4. The van der Waals surface area contributed by atoms with Crippen molar-refractivity contribution in [2.75, 3.05) is 11.9 Å². The van der Waals surface area contributed by atoms with Gasteiger partial charge in [-0.15, -0.1) is 0 Å². The molecule has 2 rings (SSSR count). The number of carbonyl (C=O) groups is 1. The average Bonchev–Trinajstić information content (AvgIpc) is 2.53. The third-order valence-electron chi connectivity index (χ3n) is 2.97. The van der Waals surface area contributed by atoms with E-state index < -0.39 is 0 Å². The zero-order valence-corrected chi connectivity index (χ0v) is 12.6. The molecule has 0 radical (unpaired) electrons. The van der Waals surface area contributed by atoms with E-state index in [0.29, 0.717) is 23.7 Å². The van der Waals surface area contributed by atoms with Crippen molar-refractivity contribution in [2.45, 2.75) is 13.8 Å². The fraction of sp³-hybridized carbons (Fsp3) is 0.235. The topological polar surface area (TPSA) is 77.8 Å². The van der Waals surface area contributed by atoms with Gasteiger partial charge in [0.2, 0.25) is 0 Å². The molecule has 0 saturated carbocycles. The first-order chi connectivity index (χ1) is 10.6. The molecule has 112 valence electrons. The second kappa shape index (κ2) is 7.23. The van der Waals surface area contributed by atoms with Gasteiger partial charge in [-0.05, 0) is 42.3 Å². The highest BCUT2D eigenvalue weighted by molar-refractivity contribution is 5.93. The number of carbonyl (C=O) groups excluding carboxylic acids is 1. The van der Waals surface area contributed by atoms with Crippen LogP contribution in [0.3, 0.4) is 0 Å². The summed E-state index contributed by atoms with van der Waals surface area (Å²) < 4.78 is 0. The zero-order valence-electron chi connectivity index (χ0n) is 12.6. The van der Waals surface area contributed by atoms with Gasteiger partial charge >= 0.3 is 0 Å². The molecule has 5 nitrogen and oxygen atoms in total. The number of nitriles is 1. The number of nitrogens with zero attached hydrogens (tertiary/aromatic N) is 2. The Balaban J connectivity index is 2.07. The van der Waals surface area contributed by atoms with Gasteiger partial charge in [-0.2, -0.15) is 5.26 Å². The fourth-order valence-electron chi connectivity index (χ4n) is 1.81. The molecule has 5 heteroatoms. The number of benzene rings is 1. The first kappa shape index (κ1) is 15.5. The van der Waals surface area contributed by atoms with Gasteiger partial charge in [-0.1, -0.05) is 13.8 Å². The Kier molecular flexibility index (Phi) is 5.10. The van der Waals surface area contributed by atoms with E-state index in [1.165, 1.54) is 0 Å². The van der Waals surface area contributed by atoms with E-state index in [1.54, 1.807) is 30.5 Å². The van der Waals surface area contributed by atoms with Crippen molar-refractivity contribution in [3.8, 4) is 6.07 Å². The van der Waals surface area contributed by atoms with E-state index in [1.807, 2.05) is 26.0 Å². The van der Waals surface area contributed by atoms with Gasteiger partial charge in [0, 0.05) is 24.1 Å². The molecule has 0 aliphatic carbocycles. The van der Waals surface area contributed by atoms with Gasteiger partial charge < -0.3 is 10.6 Å². The minimum atomic E-state index is -0.183. The molecule has 1 amide bonds. The Morgan fingerprint density at radius 3 is 2.59 bits per heavy atom. The quantitative estimate of drug-likeness (QED) is 0.888. The summed E-state index contributed by atoms with van der Waals surface area (Å²) in [6.07, 6.45) is 1.59. The first-order valence-electron chi connectivity index (χ1n) is 7.10. The monoisotopic (exact) mass is 294 g/mol. The predicted molar refractivity (Wildman–Crippen MR) is 85.8 cm³/mol. The lowest BCUT2D eigenvalue weighted by Gasteiger charge is -2.09. The Morgan fingerprint density at radius 1 is 1.23 bits per heavy atom. The van der Waals surface area contributed by atoms with Crippen molar-refractivity contribution in [3.05, 3.63) is 53.9 Å². The van der Waals surface area contributed by atoms with Crippen molar-refractivity contribution in [1.29, 1.82) is 5.26 Å². The summed E-state index contributed by atoms with van der Waals surface area (Å²) in [5.74, 6) is 0.209. The molecule has 0 fully saturated rings. The van der Waals surface area contributed by atoms with Gasteiger partial charge in [-0.25, -0.2) is 0 Å². The maximum atomic E-state index is 12.0. The number of anilines is 2. The molecule has 0 bridgehead atoms. The van der Waals surface area contributed by atoms with Gasteiger partial charge in [0.15, 0.2) is 0 Å². The number of nitrogens with one attached hydrogen (secondary N) is 2. The van der Waals surface area contributed by atoms with Crippen LogP contribution in [0.25, 0.3) is 0 Å². The molecule has 1 aromatic carbocycles. The van der Waals surface area contributed by atoms with E-state index >= 15 is 0 Å². The van der Waals surface area contributed by atoms with Crippen LogP contribution in [0.5, 0.6) is 0 Å². The van der Waals surface area contributed by atoms with Crippen LogP contribution in [0.1, 0.15) is 29.9 Å². The molecule has 0 saturated heterocycles. The number of pyridine rings is 1. The van der Waals surface area contributed by atoms with Crippen molar-refractivity contribution in [3.63, 3.8) is 0 Å². The van der Waals surface area contributed by atoms with Crippen LogP contribution in [-0.2, 0) is 0 Å². The summed E-state index contributed by atoms with van der Waals surface area (Å²) in [5.41, 5.74) is 2.60. The molecule has 0 aliphatic rings. The van der Waals surface area contributed by atoms with Crippen LogP contribution >= 0.6 is 0 Å². The lowest BCUT2D eigenvalue weighted by molar-refractivity contribution is 0.0944. The minimum absolute atomic E-state index is 0.183. The van der Waals surface area contributed by atoms with Crippen LogP contribution in [0, 0.1) is 17.2 Å². The van der Waals surface area contributed by atoms with Crippen molar-refractivity contribution < 1.29 is 4.79 Å². The van der Waals surface area contributed by atoms with Gasteiger partial charge in [0.05, 0.1) is 11.6 Å². The number of hydrogen-bond donors (Lipinski definition) is 2. The normalized spacial score (nSPS) is 10.1. The largest absolute Gasteiger partial charge is 0.355 e. The molecular formula is C17H18N4O. The number of amides is 1. The maximum Gasteiger partial charge on any atom is 0.269 e. The summed E-state index contributed by atoms with van der Waals surface area (Å²) in [7, 11) is 0. The minimum Gasteiger partial charge on any atom is -0.355 e. The van der Waals surface area contributed by atoms with E-state index in [-0.39, 0.29) is 5.91 Å². The van der Waals surface area contributed by atoms with Crippen LogP contribution in [-0.4, -0.2) is 17.4 Å². The Hall–Kier alpha value is -2.87. The highest BCUT2D eigenvalue weighted by atomic mass is 16.1. The van der Waals surface area contributed by atoms with Crippen LogP contribution in [0.15, 0.2) is 42.6 Å². The SMILES string of the molecule is CC(C)CNC(=O)c1cc(Nc2ccc(C#N)cc2)ccn1. The molecule has 0 aliphatic heterocycles. The third-order valence-corrected chi connectivity index (χ3v) is 2.97. The highest BCUT2D eigenvalue weighted by Crippen LogP contribution is 2.17. The van der Waals surface area contributed by atoms with Crippen LogP contribution in [0.2, 0.25) is 0 Å². The second-order valence-electron chi connectivity index (χ2n) is 5.35. The van der Waals surface area contributed by atoms with Crippen LogP contribution in [0.4, 0.5) is 11.4 Å². The summed E-state index contributed by atoms with van der Waals surface area (Å²) >= 11 is 0. The van der Waals surface area contributed by atoms with E-state index in [4.69, 9.17) is 5.26 Å². The Morgan fingerprint density at radius 2 is 1.95 bits per heavy atom. The molecular weight excluding hydrogens is 276 g/mol. The predicted octanol–water partition coefficient (Wildman–Crippen LogP) is 3.08. The first-order valence-corrected chi connectivity index (χ1v) is 7.10. The molecule has 1 heterocycles. The highest BCUT2D eigenvalue weighted by Gasteiger charge is 2.08. The van der Waals surface area contributed by atoms with E-state index in [0.717, 1.165) is 11.4 Å². The zero-order chi connectivity index (χ0) is 15.9. The maximum absolute atomic E-state index is 12.0. The van der Waals surface area contributed by atoms with E-state index in [2.05, 4.69) is 21.7 Å². The summed E-state index contributed by atoms with van der Waals surface area (Å²) in [6.45, 7) is 4.70. The summed E-state index contributed by atoms with van der Waals surface area (Å²) in [6, 6.07) is 12.7. The van der Waals surface area contributed by atoms with Gasteiger partial charge in [0.1, 0.15) is 5.69 Å². The molecule has 1 aromatic heterocycles. The molecule has 0 spiro atoms. The van der Waals surface area contributed by atoms with Gasteiger partial charge in [0.25, 0.3) is 5.91 Å².